The van der Waals surface area contributed by atoms with Gasteiger partial charge in [0.2, 0.25) is 5.17 Å². The second-order valence-corrected chi connectivity index (χ2v) is 10.2. The zero-order valence-electron chi connectivity index (χ0n) is 19.9. The second-order valence-electron chi connectivity index (χ2n) is 8.05. The Balaban J connectivity index is 1.44. The molecule has 11 heteroatoms. The zero-order chi connectivity index (χ0) is 26.8. The summed E-state index contributed by atoms with van der Waals surface area (Å²) >= 11 is 20.3. The Morgan fingerprint density at radius 2 is 1.74 bits per heavy atom. The van der Waals surface area contributed by atoms with Gasteiger partial charge in [0.25, 0.3) is 5.91 Å². The fraction of sp³-hybridized carbons (Fsp3) is 0.111. The predicted molar refractivity (Wildman–Crippen MR) is 154 cm³/mol. The smallest absolute Gasteiger partial charge is 0.283 e. The highest BCUT2D eigenvalue weighted by molar-refractivity contribution is 8.27. The minimum atomic E-state index is -0.558. The molecular formula is C27H19Cl3N4O3S. The Labute approximate surface area is 238 Å². The number of rotatable bonds is 7. The van der Waals surface area contributed by atoms with E-state index in [4.69, 9.17) is 49.7 Å². The number of hydrazone groups is 1. The van der Waals surface area contributed by atoms with Crippen molar-refractivity contribution in [3.63, 3.8) is 0 Å². The number of halogens is 3. The van der Waals surface area contributed by atoms with Gasteiger partial charge in [-0.3, -0.25) is 10.2 Å². The van der Waals surface area contributed by atoms with Gasteiger partial charge < -0.3 is 9.47 Å². The summed E-state index contributed by atoms with van der Waals surface area (Å²) in [5.74, 6) is 0.0830. The fourth-order valence-corrected chi connectivity index (χ4v) is 5.42. The Morgan fingerprint density at radius 1 is 1.00 bits per heavy atom. The van der Waals surface area contributed by atoms with Crippen molar-refractivity contribution in [2.45, 2.75) is 13.5 Å². The quantitative estimate of drug-likeness (QED) is 0.294. The van der Waals surface area contributed by atoms with Gasteiger partial charge in [0, 0.05) is 16.1 Å². The maximum atomic E-state index is 12.9. The van der Waals surface area contributed by atoms with Crippen LogP contribution in [0.4, 0.5) is 0 Å². The molecule has 192 valence electrons. The third-order valence-electron chi connectivity index (χ3n) is 5.53. The predicted octanol–water partition coefficient (Wildman–Crippen LogP) is 7.29. The summed E-state index contributed by atoms with van der Waals surface area (Å²) in [7, 11) is 0. The van der Waals surface area contributed by atoms with E-state index in [0.29, 0.717) is 49.5 Å². The SMILES string of the molecule is CCOc1cc(/C=C2/C(=N)N3N=C(c4ccccc4Cl)SC3=NC2=O)cc(Cl)c1OCc1ccccc1Cl. The molecule has 2 aliphatic rings. The van der Waals surface area contributed by atoms with Crippen LogP contribution in [-0.2, 0) is 11.4 Å². The first-order chi connectivity index (χ1) is 18.4. The molecule has 5 rings (SSSR count). The van der Waals surface area contributed by atoms with E-state index in [1.807, 2.05) is 43.3 Å². The van der Waals surface area contributed by atoms with Gasteiger partial charge in [-0.05, 0) is 54.6 Å². The number of ether oxygens (including phenoxy) is 2. The lowest BCUT2D eigenvalue weighted by Crippen LogP contribution is -2.35. The summed E-state index contributed by atoms with van der Waals surface area (Å²) in [6.07, 6.45) is 1.53. The Bertz CT molecular complexity index is 1550. The molecule has 1 N–H and O–H groups in total. The van der Waals surface area contributed by atoms with Gasteiger partial charge >= 0.3 is 0 Å². The molecule has 0 aromatic heterocycles. The third-order valence-corrected chi connectivity index (χ3v) is 7.45. The van der Waals surface area contributed by atoms with Crippen molar-refractivity contribution < 1.29 is 14.3 Å². The minimum absolute atomic E-state index is 0.0572. The van der Waals surface area contributed by atoms with Crippen LogP contribution >= 0.6 is 46.6 Å². The number of fused-ring (bicyclic) bond motifs is 1. The molecule has 0 spiro atoms. The number of carbonyl (C=O) groups is 1. The number of nitrogens with zero attached hydrogens (tertiary/aromatic N) is 3. The molecular weight excluding hydrogens is 567 g/mol. The van der Waals surface area contributed by atoms with E-state index in [1.165, 1.54) is 22.8 Å². The molecule has 1 amide bonds. The number of benzene rings is 3. The molecule has 0 unspecified atom stereocenters. The normalized spacial score (nSPS) is 15.9. The first kappa shape index (κ1) is 26.3. The van der Waals surface area contributed by atoms with Gasteiger partial charge in [-0.1, -0.05) is 71.2 Å². The average molecular weight is 586 g/mol. The first-order valence-corrected chi connectivity index (χ1v) is 13.4. The topological polar surface area (TPSA) is 87.3 Å². The van der Waals surface area contributed by atoms with Crippen molar-refractivity contribution in [3.8, 4) is 11.5 Å². The summed E-state index contributed by atoms with van der Waals surface area (Å²) in [5.41, 5.74) is 2.09. The number of amidine groups is 2. The van der Waals surface area contributed by atoms with E-state index in [-0.39, 0.29) is 23.0 Å². The van der Waals surface area contributed by atoms with Gasteiger partial charge in [-0.15, -0.1) is 0 Å². The second kappa shape index (κ2) is 11.2. The summed E-state index contributed by atoms with van der Waals surface area (Å²) in [6, 6.07) is 17.9. The number of nitrogens with one attached hydrogen (secondary N) is 1. The van der Waals surface area contributed by atoms with E-state index >= 15 is 0 Å². The van der Waals surface area contributed by atoms with Crippen LogP contribution in [0, 0.1) is 5.41 Å². The lowest BCUT2D eigenvalue weighted by Gasteiger charge is -2.20. The maximum absolute atomic E-state index is 12.9. The van der Waals surface area contributed by atoms with Gasteiger partial charge in [0.05, 0.1) is 22.2 Å². The van der Waals surface area contributed by atoms with Crippen LogP contribution in [0.2, 0.25) is 15.1 Å². The number of hydrogen-bond donors (Lipinski definition) is 1. The molecule has 0 saturated carbocycles. The van der Waals surface area contributed by atoms with Crippen molar-refractivity contribution in [1.82, 2.24) is 5.01 Å². The molecule has 7 nitrogen and oxygen atoms in total. The van der Waals surface area contributed by atoms with Gasteiger partial charge in [0.15, 0.2) is 17.3 Å². The van der Waals surface area contributed by atoms with E-state index in [0.717, 1.165) is 5.56 Å². The Hall–Kier alpha value is -3.30. The van der Waals surface area contributed by atoms with E-state index in [9.17, 15) is 4.79 Å². The molecule has 3 aromatic carbocycles. The standard InChI is InChI=1S/C27H19Cl3N4O3S/c1-2-36-22-13-15(12-21(30)23(22)37-14-16-7-3-5-9-19(16)28)11-18-24(31)34-27(32-25(18)35)38-26(33-34)17-8-4-6-10-20(17)29/h3-13,31H,2,14H2,1H3/b18-11-,31-24?. The van der Waals surface area contributed by atoms with Crippen LogP contribution in [0.15, 0.2) is 76.3 Å². The molecule has 0 saturated heterocycles. The van der Waals surface area contributed by atoms with Crippen molar-refractivity contribution in [2.24, 2.45) is 10.1 Å². The molecule has 0 atom stereocenters. The number of aliphatic imine (C=N–C) groups is 1. The molecule has 2 aliphatic heterocycles. The number of amides is 1. The van der Waals surface area contributed by atoms with Gasteiger partial charge in [-0.25, -0.2) is 0 Å². The number of carbonyl (C=O) groups excluding carboxylic acids is 1. The molecule has 0 radical (unpaired) electrons. The summed E-state index contributed by atoms with van der Waals surface area (Å²) in [6.45, 7) is 2.40. The van der Waals surface area contributed by atoms with Crippen molar-refractivity contribution >= 4 is 74.6 Å². The molecule has 38 heavy (non-hydrogen) atoms. The maximum Gasteiger partial charge on any atom is 0.283 e. The molecule has 0 bridgehead atoms. The lowest BCUT2D eigenvalue weighted by molar-refractivity contribution is -0.114. The summed E-state index contributed by atoms with van der Waals surface area (Å²) in [5, 5.41) is 16.7. The molecule has 3 aromatic rings. The Morgan fingerprint density at radius 3 is 2.47 bits per heavy atom. The van der Waals surface area contributed by atoms with Gasteiger partial charge in [0.1, 0.15) is 11.7 Å². The van der Waals surface area contributed by atoms with Gasteiger partial charge in [-0.2, -0.15) is 15.1 Å². The summed E-state index contributed by atoms with van der Waals surface area (Å²) in [4.78, 5) is 17.0. The van der Waals surface area contributed by atoms with Crippen molar-refractivity contribution in [2.75, 3.05) is 6.61 Å². The minimum Gasteiger partial charge on any atom is -0.490 e. The largest absolute Gasteiger partial charge is 0.490 e. The first-order valence-electron chi connectivity index (χ1n) is 11.4. The highest BCUT2D eigenvalue weighted by Gasteiger charge is 2.36. The summed E-state index contributed by atoms with van der Waals surface area (Å²) < 4.78 is 11.7. The van der Waals surface area contributed by atoms with Crippen molar-refractivity contribution in [3.05, 3.63) is 98.0 Å². The number of thioether (sulfide) groups is 1. The van der Waals surface area contributed by atoms with Crippen LogP contribution in [0.25, 0.3) is 6.08 Å². The van der Waals surface area contributed by atoms with Crippen LogP contribution in [0.5, 0.6) is 11.5 Å². The van der Waals surface area contributed by atoms with Crippen molar-refractivity contribution in [1.29, 1.82) is 5.41 Å². The highest BCUT2D eigenvalue weighted by Crippen LogP contribution is 2.39. The molecule has 2 heterocycles. The lowest BCUT2D eigenvalue weighted by atomic mass is 10.1. The third kappa shape index (κ3) is 5.31. The van der Waals surface area contributed by atoms with Crippen LogP contribution in [0.1, 0.15) is 23.6 Å². The monoisotopic (exact) mass is 584 g/mol. The van der Waals surface area contributed by atoms with E-state index in [2.05, 4.69) is 10.1 Å². The highest BCUT2D eigenvalue weighted by atomic mass is 35.5. The van der Waals surface area contributed by atoms with E-state index < -0.39 is 5.91 Å². The Kier molecular flexibility index (Phi) is 7.76. The average Bonchev–Trinajstić information content (AvgIpc) is 3.31. The van der Waals surface area contributed by atoms with E-state index in [1.54, 1.807) is 24.3 Å². The molecule has 0 aliphatic carbocycles. The number of hydrogen-bond acceptors (Lipinski definition) is 6. The van der Waals surface area contributed by atoms with Crippen LogP contribution in [-0.4, -0.2) is 33.6 Å². The van der Waals surface area contributed by atoms with Crippen LogP contribution < -0.4 is 9.47 Å². The molecule has 0 fully saturated rings. The van der Waals surface area contributed by atoms with Crippen LogP contribution in [0.3, 0.4) is 0 Å². The zero-order valence-corrected chi connectivity index (χ0v) is 23.0. The fourth-order valence-electron chi connectivity index (χ4n) is 3.74.